The summed E-state index contributed by atoms with van der Waals surface area (Å²) in [5.41, 5.74) is 2.43. The Hall–Kier alpha value is -1.66. The second-order valence-electron chi connectivity index (χ2n) is 7.92. The number of nitrogens with zero attached hydrogens (tertiary/aromatic N) is 2. The monoisotopic (exact) mass is 370 g/mol. The van der Waals surface area contributed by atoms with Crippen LogP contribution >= 0.6 is 0 Å². The van der Waals surface area contributed by atoms with Gasteiger partial charge in [-0.1, -0.05) is 24.3 Å². The van der Waals surface area contributed by atoms with Crippen molar-refractivity contribution in [2.24, 2.45) is 11.8 Å². The molecule has 0 aliphatic carbocycles. The highest BCUT2D eigenvalue weighted by Crippen LogP contribution is 2.27. The number of likely N-dealkylation sites (tertiary alicyclic amines) is 1. The molecule has 2 saturated heterocycles. The lowest BCUT2D eigenvalue weighted by Crippen LogP contribution is -2.41. The third-order valence-corrected chi connectivity index (χ3v) is 5.87. The van der Waals surface area contributed by atoms with Gasteiger partial charge in [0, 0.05) is 51.4 Å². The molecule has 1 aromatic heterocycles. The number of aliphatic hydroxyl groups excluding tert-OH is 1. The Labute approximate surface area is 161 Å². The Morgan fingerprint density at radius 3 is 2.37 bits per heavy atom. The number of ether oxygens (including phenoxy) is 1. The van der Waals surface area contributed by atoms with Gasteiger partial charge in [-0.3, -0.25) is 9.80 Å². The molecular formula is C22H30N2O3. The number of rotatable bonds is 6. The van der Waals surface area contributed by atoms with Gasteiger partial charge in [0.1, 0.15) is 11.5 Å². The average molecular weight is 370 g/mol. The fourth-order valence-corrected chi connectivity index (χ4v) is 4.32. The molecule has 4 rings (SSSR count). The van der Waals surface area contributed by atoms with Crippen molar-refractivity contribution in [2.45, 2.75) is 13.5 Å². The van der Waals surface area contributed by atoms with E-state index in [1.807, 2.05) is 19.1 Å². The molecule has 2 aliphatic rings. The van der Waals surface area contributed by atoms with Crippen LogP contribution < -0.4 is 0 Å². The van der Waals surface area contributed by atoms with Gasteiger partial charge in [-0.05, 0) is 36.5 Å². The first kappa shape index (κ1) is 18.7. The van der Waals surface area contributed by atoms with Crippen molar-refractivity contribution in [3.8, 4) is 11.3 Å². The van der Waals surface area contributed by atoms with Gasteiger partial charge >= 0.3 is 0 Å². The highest BCUT2D eigenvalue weighted by Gasteiger charge is 2.33. The molecule has 0 spiro atoms. The Bertz CT molecular complexity index is 721. The van der Waals surface area contributed by atoms with Crippen LogP contribution in [0.1, 0.15) is 11.3 Å². The van der Waals surface area contributed by atoms with Gasteiger partial charge in [0.2, 0.25) is 0 Å². The maximum absolute atomic E-state index is 9.83. The van der Waals surface area contributed by atoms with Crippen LogP contribution in [0.3, 0.4) is 0 Å². The van der Waals surface area contributed by atoms with Crippen LogP contribution in [0.4, 0.5) is 0 Å². The first-order valence-electron chi connectivity index (χ1n) is 10.0. The molecule has 1 aromatic carbocycles. The predicted molar refractivity (Wildman–Crippen MR) is 105 cm³/mol. The summed E-state index contributed by atoms with van der Waals surface area (Å²) in [6, 6.07) is 12.7. The molecule has 0 bridgehead atoms. The molecule has 5 nitrogen and oxygen atoms in total. The topological polar surface area (TPSA) is 49.1 Å². The molecular weight excluding hydrogens is 340 g/mol. The van der Waals surface area contributed by atoms with Crippen LogP contribution in [0.25, 0.3) is 11.3 Å². The number of aliphatic hydroxyl groups is 1. The van der Waals surface area contributed by atoms with Crippen LogP contribution in [0.2, 0.25) is 0 Å². The highest BCUT2D eigenvalue weighted by molar-refractivity contribution is 5.57. The van der Waals surface area contributed by atoms with E-state index in [1.54, 1.807) is 0 Å². The molecule has 2 aromatic rings. The van der Waals surface area contributed by atoms with Gasteiger partial charge in [-0.2, -0.15) is 0 Å². The summed E-state index contributed by atoms with van der Waals surface area (Å²) >= 11 is 0. The van der Waals surface area contributed by atoms with Gasteiger partial charge < -0.3 is 14.3 Å². The second kappa shape index (κ2) is 8.57. The largest absolute Gasteiger partial charge is 0.461 e. The summed E-state index contributed by atoms with van der Waals surface area (Å²) in [7, 11) is 0. The van der Waals surface area contributed by atoms with Crippen molar-refractivity contribution < 1.29 is 14.3 Å². The summed E-state index contributed by atoms with van der Waals surface area (Å²) in [5.74, 6) is 2.77. The predicted octanol–water partition coefficient (Wildman–Crippen LogP) is 2.63. The minimum atomic E-state index is 0.280. The summed E-state index contributed by atoms with van der Waals surface area (Å²) < 4.78 is 11.2. The molecule has 2 atom stereocenters. The molecule has 27 heavy (non-hydrogen) atoms. The zero-order valence-electron chi connectivity index (χ0n) is 16.1. The van der Waals surface area contributed by atoms with Crippen molar-refractivity contribution in [2.75, 3.05) is 52.5 Å². The van der Waals surface area contributed by atoms with E-state index < -0.39 is 0 Å². The molecule has 0 saturated carbocycles. The standard InChI is InChI=1S/C22H30N2O3/c1-17-2-7-22(27-17)19-5-3-18(4-6-19)12-24-14-20(21(15-24)16-25)13-23-8-10-26-11-9-23/h2-7,20-21,25H,8-16H2,1H3/t20-,21-/m1/s1. The van der Waals surface area contributed by atoms with Crippen LogP contribution in [-0.2, 0) is 11.3 Å². The lowest BCUT2D eigenvalue weighted by atomic mass is 9.96. The molecule has 1 N–H and O–H groups in total. The first-order valence-corrected chi connectivity index (χ1v) is 10.0. The molecule has 2 fully saturated rings. The van der Waals surface area contributed by atoms with Crippen molar-refractivity contribution in [1.82, 2.24) is 9.80 Å². The number of aryl methyl sites for hydroxylation is 1. The van der Waals surface area contributed by atoms with Crippen molar-refractivity contribution in [3.05, 3.63) is 47.7 Å². The van der Waals surface area contributed by atoms with Crippen molar-refractivity contribution in [3.63, 3.8) is 0 Å². The quantitative estimate of drug-likeness (QED) is 0.847. The van der Waals surface area contributed by atoms with Gasteiger partial charge in [0.25, 0.3) is 0 Å². The number of morpholine rings is 1. The Balaban J connectivity index is 1.35. The van der Waals surface area contributed by atoms with Gasteiger partial charge in [0.15, 0.2) is 0 Å². The normalized spacial score (nSPS) is 24.5. The highest BCUT2D eigenvalue weighted by atomic mass is 16.5. The van der Waals surface area contributed by atoms with E-state index in [9.17, 15) is 5.11 Å². The Morgan fingerprint density at radius 2 is 1.70 bits per heavy atom. The van der Waals surface area contributed by atoms with Gasteiger partial charge in [-0.15, -0.1) is 0 Å². The van der Waals surface area contributed by atoms with E-state index in [4.69, 9.17) is 9.15 Å². The number of hydrogen-bond acceptors (Lipinski definition) is 5. The molecule has 146 valence electrons. The smallest absolute Gasteiger partial charge is 0.134 e. The van der Waals surface area contributed by atoms with E-state index in [1.165, 1.54) is 5.56 Å². The summed E-state index contributed by atoms with van der Waals surface area (Å²) in [6.07, 6.45) is 0. The zero-order chi connectivity index (χ0) is 18.6. The lowest BCUT2D eigenvalue weighted by molar-refractivity contribution is 0.0264. The third kappa shape index (κ3) is 4.61. The Morgan fingerprint density at radius 1 is 0.963 bits per heavy atom. The number of furan rings is 1. The lowest BCUT2D eigenvalue weighted by Gasteiger charge is -2.30. The van der Waals surface area contributed by atoms with Crippen LogP contribution in [0.15, 0.2) is 40.8 Å². The molecule has 0 unspecified atom stereocenters. The minimum absolute atomic E-state index is 0.280. The van der Waals surface area contributed by atoms with Crippen LogP contribution in [0.5, 0.6) is 0 Å². The number of benzene rings is 1. The fourth-order valence-electron chi connectivity index (χ4n) is 4.32. The van der Waals surface area contributed by atoms with E-state index in [2.05, 4.69) is 34.1 Å². The van der Waals surface area contributed by atoms with Gasteiger partial charge in [-0.25, -0.2) is 0 Å². The molecule has 3 heterocycles. The third-order valence-electron chi connectivity index (χ3n) is 5.87. The van der Waals surface area contributed by atoms with E-state index >= 15 is 0 Å². The molecule has 2 aliphatic heterocycles. The zero-order valence-corrected chi connectivity index (χ0v) is 16.1. The Kier molecular flexibility index (Phi) is 5.93. The minimum Gasteiger partial charge on any atom is -0.461 e. The number of hydrogen-bond donors (Lipinski definition) is 1. The van der Waals surface area contributed by atoms with E-state index in [0.717, 1.165) is 69.6 Å². The maximum Gasteiger partial charge on any atom is 0.134 e. The van der Waals surface area contributed by atoms with Crippen LogP contribution in [-0.4, -0.2) is 67.5 Å². The SMILES string of the molecule is Cc1ccc(-c2ccc(CN3C[C@@H](CN4CCOCC4)[C@@H](CO)C3)cc2)o1. The second-order valence-corrected chi connectivity index (χ2v) is 7.92. The first-order chi connectivity index (χ1) is 13.2. The van der Waals surface area contributed by atoms with Crippen molar-refractivity contribution in [1.29, 1.82) is 0 Å². The average Bonchev–Trinajstić information content (AvgIpc) is 3.29. The van der Waals surface area contributed by atoms with Gasteiger partial charge in [0.05, 0.1) is 13.2 Å². The fraction of sp³-hybridized carbons (Fsp3) is 0.545. The maximum atomic E-state index is 9.83. The molecule has 0 amide bonds. The summed E-state index contributed by atoms with van der Waals surface area (Å²) in [5, 5.41) is 9.83. The van der Waals surface area contributed by atoms with Crippen molar-refractivity contribution >= 4 is 0 Å². The summed E-state index contributed by atoms with van der Waals surface area (Å²) in [4.78, 5) is 4.97. The van der Waals surface area contributed by atoms with E-state index in [-0.39, 0.29) is 6.61 Å². The van der Waals surface area contributed by atoms with E-state index in [0.29, 0.717) is 11.8 Å². The molecule has 5 heteroatoms. The van der Waals surface area contributed by atoms with Crippen LogP contribution in [0, 0.1) is 18.8 Å². The molecule has 0 radical (unpaired) electrons. The summed E-state index contributed by atoms with van der Waals surface area (Å²) in [6.45, 7) is 9.99.